The lowest BCUT2D eigenvalue weighted by atomic mass is 10.1. The van der Waals surface area contributed by atoms with Gasteiger partial charge in [-0.2, -0.15) is 11.8 Å². The van der Waals surface area contributed by atoms with Gasteiger partial charge in [0.15, 0.2) is 0 Å². The van der Waals surface area contributed by atoms with Crippen LogP contribution in [-0.4, -0.2) is 15.8 Å². The summed E-state index contributed by atoms with van der Waals surface area (Å²) in [7, 11) is 0. The summed E-state index contributed by atoms with van der Waals surface area (Å²) in [6.45, 7) is 6.59. The first-order valence-corrected chi connectivity index (χ1v) is 6.49. The lowest BCUT2D eigenvalue weighted by Gasteiger charge is -2.17. The summed E-state index contributed by atoms with van der Waals surface area (Å²) in [5, 5.41) is 8.51. The summed E-state index contributed by atoms with van der Waals surface area (Å²) in [5.41, 5.74) is 2.18. The molecule has 0 aliphatic carbocycles. The van der Waals surface area contributed by atoms with Crippen LogP contribution in [0.2, 0.25) is 0 Å². The lowest BCUT2D eigenvalue weighted by molar-refractivity contribution is -0.131. The van der Waals surface area contributed by atoms with E-state index in [0.29, 0.717) is 0 Å². The fraction of sp³-hybridized carbons (Fsp3) is 0.357. The van der Waals surface area contributed by atoms with E-state index in [4.69, 9.17) is 5.11 Å². The van der Waals surface area contributed by atoms with E-state index in [1.54, 1.807) is 6.08 Å². The fourth-order valence-electron chi connectivity index (χ4n) is 1.19. The summed E-state index contributed by atoms with van der Waals surface area (Å²) >= 11 is 1.90. The van der Waals surface area contributed by atoms with E-state index in [1.807, 2.05) is 36.0 Å². The normalized spacial score (nSPS) is 11.9. The maximum atomic E-state index is 10.4. The zero-order valence-electron chi connectivity index (χ0n) is 10.4. The van der Waals surface area contributed by atoms with Gasteiger partial charge in [-0.3, -0.25) is 0 Å². The van der Waals surface area contributed by atoms with Gasteiger partial charge in [-0.05, 0) is 17.2 Å². The highest BCUT2D eigenvalue weighted by Gasteiger charge is 2.10. The minimum atomic E-state index is -0.919. The van der Waals surface area contributed by atoms with Crippen molar-refractivity contribution in [2.45, 2.75) is 31.3 Å². The standard InChI is InChI=1S/C14H18O2S/c1-14(2,3)17-10-12-6-4-11(5-7-12)8-9-13(15)16/h4-9H,10H2,1-3H3,(H,15,16). The molecule has 2 nitrogen and oxygen atoms in total. The van der Waals surface area contributed by atoms with Crippen LogP contribution < -0.4 is 0 Å². The molecule has 0 radical (unpaired) electrons. The average molecular weight is 250 g/mol. The van der Waals surface area contributed by atoms with Gasteiger partial charge in [0.2, 0.25) is 0 Å². The molecule has 1 rings (SSSR count). The van der Waals surface area contributed by atoms with Crippen molar-refractivity contribution < 1.29 is 9.90 Å². The lowest BCUT2D eigenvalue weighted by Crippen LogP contribution is -2.07. The average Bonchev–Trinajstić information content (AvgIpc) is 2.24. The molecule has 0 bridgehead atoms. The molecule has 0 aliphatic rings. The van der Waals surface area contributed by atoms with Gasteiger partial charge in [-0.25, -0.2) is 4.79 Å². The molecule has 1 N–H and O–H groups in total. The molecule has 0 amide bonds. The van der Waals surface area contributed by atoms with Gasteiger partial charge in [-0.15, -0.1) is 0 Å². The van der Waals surface area contributed by atoms with Crippen LogP contribution in [0.4, 0.5) is 0 Å². The number of hydrogen-bond donors (Lipinski definition) is 1. The monoisotopic (exact) mass is 250 g/mol. The van der Waals surface area contributed by atoms with Crippen molar-refractivity contribution >= 4 is 23.8 Å². The van der Waals surface area contributed by atoms with E-state index >= 15 is 0 Å². The number of benzene rings is 1. The number of carbonyl (C=O) groups is 1. The zero-order valence-corrected chi connectivity index (χ0v) is 11.3. The molecule has 0 fully saturated rings. The Labute approximate surface area is 107 Å². The first-order valence-electron chi connectivity index (χ1n) is 5.51. The largest absolute Gasteiger partial charge is 0.478 e. The predicted octanol–water partition coefficient (Wildman–Crippen LogP) is 3.82. The zero-order chi connectivity index (χ0) is 12.9. The quantitative estimate of drug-likeness (QED) is 0.825. The second-order valence-electron chi connectivity index (χ2n) is 4.81. The molecule has 92 valence electrons. The third-order valence-corrected chi connectivity index (χ3v) is 3.41. The molecule has 1 aromatic carbocycles. The van der Waals surface area contributed by atoms with Crippen molar-refractivity contribution in [3.63, 3.8) is 0 Å². The topological polar surface area (TPSA) is 37.3 Å². The van der Waals surface area contributed by atoms with E-state index in [0.717, 1.165) is 17.4 Å². The molecule has 1 aromatic rings. The van der Waals surface area contributed by atoms with Crippen molar-refractivity contribution in [1.29, 1.82) is 0 Å². The van der Waals surface area contributed by atoms with Crippen LogP contribution in [0.1, 0.15) is 31.9 Å². The van der Waals surface area contributed by atoms with Gasteiger partial charge in [0.1, 0.15) is 0 Å². The van der Waals surface area contributed by atoms with Crippen LogP contribution in [0, 0.1) is 0 Å². The highest BCUT2D eigenvalue weighted by atomic mass is 32.2. The van der Waals surface area contributed by atoms with Crippen molar-refractivity contribution in [3.05, 3.63) is 41.5 Å². The summed E-state index contributed by atoms with van der Waals surface area (Å²) in [5.74, 6) is 0.0595. The maximum Gasteiger partial charge on any atom is 0.328 e. The van der Waals surface area contributed by atoms with Crippen LogP contribution in [0.5, 0.6) is 0 Å². The second kappa shape index (κ2) is 5.92. The van der Waals surface area contributed by atoms with Gasteiger partial charge in [0.05, 0.1) is 0 Å². The van der Waals surface area contributed by atoms with Crippen molar-refractivity contribution in [3.8, 4) is 0 Å². The Bertz CT molecular complexity index is 399. The molecule has 0 spiro atoms. The molecule has 3 heteroatoms. The number of thioether (sulfide) groups is 1. The number of rotatable bonds is 4. The van der Waals surface area contributed by atoms with E-state index in [9.17, 15) is 4.79 Å². The van der Waals surface area contributed by atoms with Gasteiger partial charge >= 0.3 is 5.97 Å². The van der Waals surface area contributed by atoms with Crippen LogP contribution >= 0.6 is 11.8 Å². The van der Waals surface area contributed by atoms with Crippen LogP contribution in [0.25, 0.3) is 6.08 Å². The third-order valence-electron chi connectivity index (χ3n) is 2.07. The molecular weight excluding hydrogens is 232 g/mol. The van der Waals surface area contributed by atoms with E-state index < -0.39 is 5.97 Å². The fourth-order valence-corrected chi connectivity index (χ4v) is 1.98. The molecule has 0 saturated carbocycles. The van der Waals surface area contributed by atoms with Crippen molar-refractivity contribution in [1.82, 2.24) is 0 Å². The first-order chi connectivity index (χ1) is 7.87. The summed E-state index contributed by atoms with van der Waals surface area (Å²) in [6.07, 6.45) is 2.75. The minimum Gasteiger partial charge on any atom is -0.478 e. The Morgan fingerprint density at radius 2 is 1.88 bits per heavy atom. The van der Waals surface area contributed by atoms with Crippen LogP contribution in [-0.2, 0) is 10.5 Å². The second-order valence-corrected chi connectivity index (χ2v) is 6.62. The molecule has 0 aliphatic heterocycles. The number of hydrogen-bond acceptors (Lipinski definition) is 2. The smallest absolute Gasteiger partial charge is 0.328 e. The minimum absolute atomic E-state index is 0.266. The van der Waals surface area contributed by atoms with Crippen LogP contribution in [0.15, 0.2) is 30.3 Å². The number of aliphatic carboxylic acids is 1. The SMILES string of the molecule is CC(C)(C)SCc1ccc(C=CC(=O)O)cc1. The van der Waals surface area contributed by atoms with Gasteiger partial charge < -0.3 is 5.11 Å². The van der Waals surface area contributed by atoms with E-state index in [2.05, 4.69) is 20.8 Å². The number of carboxylic acid groups (broad SMARTS) is 1. The Morgan fingerprint density at radius 1 is 1.29 bits per heavy atom. The van der Waals surface area contributed by atoms with Crippen molar-refractivity contribution in [2.75, 3.05) is 0 Å². The maximum absolute atomic E-state index is 10.4. The Morgan fingerprint density at radius 3 is 2.35 bits per heavy atom. The Kier molecular flexibility index (Phi) is 4.82. The third kappa shape index (κ3) is 6.17. The van der Waals surface area contributed by atoms with Gasteiger partial charge in [-0.1, -0.05) is 45.0 Å². The molecule has 17 heavy (non-hydrogen) atoms. The van der Waals surface area contributed by atoms with Crippen molar-refractivity contribution in [2.24, 2.45) is 0 Å². The number of carboxylic acids is 1. The summed E-state index contributed by atoms with van der Waals surface area (Å²) < 4.78 is 0.266. The Hall–Kier alpha value is -1.22. The van der Waals surface area contributed by atoms with Crippen LogP contribution in [0.3, 0.4) is 0 Å². The predicted molar refractivity (Wildman–Crippen MR) is 74.2 cm³/mol. The van der Waals surface area contributed by atoms with E-state index in [1.165, 1.54) is 5.56 Å². The molecule has 0 atom stereocenters. The molecule has 0 saturated heterocycles. The molecule has 0 unspecified atom stereocenters. The summed E-state index contributed by atoms with van der Waals surface area (Å²) in [4.78, 5) is 10.4. The highest BCUT2D eigenvalue weighted by Crippen LogP contribution is 2.27. The molecule has 0 heterocycles. The summed E-state index contributed by atoms with van der Waals surface area (Å²) in [6, 6.07) is 7.97. The first kappa shape index (κ1) is 13.8. The van der Waals surface area contributed by atoms with E-state index in [-0.39, 0.29) is 4.75 Å². The molecule has 0 aromatic heterocycles. The van der Waals surface area contributed by atoms with Gasteiger partial charge in [0, 0.05) is 16.6 Å². The molecular formula is C14H18O2S. The Balaban J connectivity index is 2.59. The van der Waals surface area contributed by atoms with Gasteiger partial charge in [0.25, 0.3) is 0 Å². The highest BCUT2D eigenvalue weighted by molar-refractivity contribution is 7.99.